The summed E-state index contributed by atoms with van der Waals surface area (Å²) in [4.78, 5) is 27.2. The molecule has 21 heavy (non-hydrogen) atoms. The lowest BCUT2D eigenvalue weighted by Crippen LogP contribution is -2.40. The van der Waals surface area contributed by atoms with E-state index in [1.54, 1.807) is 0 Å². The molecule has 1 aromatic heterocycles. The molecule has 0 unspecified atom stereocenters. The molecule has 1 aliphatic carbocycles. The van der Waals surface area contributed by atoms with Gasteiger partial charge in [-0.05, 0) is 24.5 Å². The zero-order valence-electron chi connectivity index (χ0n) is 12.0. The minimum atomic E-state index is -0.438. The van der Waals surface area contributed by atoms with Crippen LogP contribution in [-0.2, 0) is 16.0 Å². The molecule has 1 aliphatic rings. The van der Waals surface area contributed by atoms with Crippen molar-refractivity contribution in [2.75, 3.05) is 0 Å². The van der Waals surface area contributed by atoms with E-state index in [4.69, 9.17) is 0 Å². The lowest BCUT2D eigenvalue weighted by Gasteiger charge is -2.22. The van der Waals surface area contributed by atoms with Gasteiger partial charge in [-0.2, -0.15) is 0 Å². The third-order valence-corrected chi connectivity index (χ3v) is 4.22. The average molecular weight is 284 g/mol. The highest BCUT2D eigenvalue weighted by Crippen LogP contribution is 2.19. The molecule has 3 rings (SSSR count). The molecule has 0 saturated heterocycles. The number of aromatic amines is 1. The van der Waals surface area contributed by atoms with Gasteiger partial charge >= 0.3 is 0 Å². The highest BCUT2D eigenvalue weighted by molar-refractivity contribution is 6.36. The molecule has 0 bridgehead atoms. The molecule has 1 heterocycles. The highest BCUT2D eigenvalue weighted by atomic mass is 16.2. The Morgan fingerprint density at radius 3 is 2.71 bits per heavy atom. The fourth-order valence-corrected chi connectivity index (χ4v) is 3.04. The van der Waals surface area contributed by atoms with Crippen molar-refractivity contribution in [1.82, 2.24) is 10.3 Å². The fraction of sp³-hybridized carbons (Fsp3) is 0.412. The zero-order valence-corrected chi connectivity index (χ0v) is 12.0. The van der Waals surface area contributed by atoms with Gasteiger partial charge in [0.2, 0.25) is 5.78 Å². The third kappa shape index (κ3) is 3.15. The molecule has 1 aromatic carbocycles. The summed E-state index contributed by atoms with van der Waals surface area (Å²) in [5.41, 5.74) is 1.88. The van der Waals surface area contributed by atoms with E-state index in [1.807, 2.05) is 30.5 Å². The number of Topliss-reactive ketones (excluding diaryl/α,β-unsaturated/α-hetero) is 1. The molecule has 4 nitrogen and oxygen atoms in total. The van der Waals surface area contributed by atoms with Gasteiger partial charge in [-0.15, -0.1) is 0 Å². The van der Waals surface area contributed by atoms with Crippen LogP contribution < -0.4 is 5.32 Å². The maximum absolute atomic E-state index is 12.1. The normalized spacial score (nSPS) is 16.0. The predicted octanol–water partition coefficient (Wildman–Crippen LogP) is 2.73. The summed E-state index contributed by atoms with van der Waals surface area (Å²) in [7, 11) is 0. The number of nitrogens with one attached hydrogen (secondary N) is 2. The molecule has 0 aliphatic heterocycles. The fourth-order valence-electron chi connectivity index (χ4n) is 3.04. The number of H-pyrrole nitrogens is 1. The first-order valence-corrected chi connectivity index (χ1v) is 7.63. The number of ketones is 1. The van der Waals surface area contributed by atoms with Crippen LogP contribution in [-0.4, -0.2) is 22.7 Å². The number of amides is 1. The molecule has 110 valence electrons. The van der Waals surface area contributed by atoms with Crippen molar-refractivity contribution >= 4 is 22.6 Å². The Morgan fingerprint density at radius 1 is 1.14 bits per heavy atom. The standard InChI is InChI=1S/C17H20N2O2/c20-16(17(21)19-13-6-2-1-3-7-13)10-12-11-18-15-9-5-4-8-14(12)15/h4-5,8-9,11,13,18H,1-3,6-7,10H2,(H,19,21). The molecule has 0 radical (unpaired) electrons. The first kappa shape index (κ1) is 13.9. The van der Waals surface area contributed by atoms with Crippen molar-refractivity contribution in [3.63, 3.8) is 0 Å². The number of benzene rings is 1. The molecule has 0 spiro atoms. The first-order valence-electron chi connectivity index (χ1n) is 7.63. The van der Waals surface area contributed by atoms with Gasteiger partial charge in [-0.25, -0.2) is 0 Å². The molecular weight excluding hydrogens is 264 g/mol. The van der Waals surface area contributed by atoms with Crippen LogP contribution in [0, 0.1) is 0 Å². The Kier molecular flexibility index (Phi) is 4.04. The number of para-hydroxylation sites is 1. The maximum atomic E-state index is 12.1. The van der Waals surface area contributed by atoms with E-state index >= 15 is 0 Å². The van der Waals surface area contributed by atoms with Crippen molar-refractivity contribution in [2.45, 2.75) is 44.6 Å². The lowest BCUT2D eigenvalue weighted by molar-refractivity contribution is -0.138. The second kappa shape index (κ2) is 6.12. The molecule has 1 amide bonds. The van der Waals surface area contributed by atoms with E-state index in [2.05, 4.69) is 10.3 Å². The first-order chi connectivity index (χ1) is 10.2. The van der Waals surface area contributed by atoms with Crippen LogP contribution in [0.4, 0.5) is 0 Å². The Bertz CT molecular complexity index is 654. The lowest BCUT2D eigenvalue weighted by atomic mass is 9.95. The van der Waals surface area contributed by atoms with Gasteiger partial charge in [0, 0.05) is 29.6 Å². The molecule has 1 fully saturated rings. The van der Waals surface area contributed by atoms with Gasteiger partial charge in [-0.3, -0.25) is 9.59 Å². The molecule has 0 atom stereocenters. The number of hydrogen-bond donors (Lipinski definition) is 2. The summed E-state index contributed by atoms with van der Waals surface area (Å²) in [6, 6.07) is 7.99. The largest absolute Gasteiger partial charge is 0.361 e. The Morgan fingerprint density at radius 2 is 1.90 bits per heavy atom. The summed E-state index contributed by atoms with van der Waals surface area (Å²) in [5, 5.41) is 3.89. The van der Waals surface area contributed by atoms with Gasteiger partial charge in [0.1, 0.15) is 0 Å². The monoisotopic (exact) mass is 284 g/mol. The number of hydrogen-bond acceptors (Lipinski definition) is 2. The average Bonchev–Trinajstić information content (AvgIpc) is 2.91. The second-order valence-electron chi connectivity index (χ2n) is 5.77. The van der Waals surface area contributed by atoms with Crippen LogP contribution in [0.3, 0.4) is 0 Å². The van der Waals surface area contributed by atoms with Gasteiger partial charge in [0.15, 0.2) is 0 Å². The molecular formula is C17H20N2O2. The second-order valence-corrected chi connectivity index (χ2v) is 5.77. The zero-order chi connectivity index (χ0) is 14.7. The minimum Gasteiger partial charge on any atom is -0.361 e. The van der Waals surface area contributed by atoms with Gasteiger partial charge in [0.25, 0.3) is 5.91 Å². The number of fused-ring (bicyclic) bond motifs is 1. The van der Waals surface area contributed by atoms with E-state index in [0.29, 0.717) is 0 Å². The van der Waals surface area contributed by atoms with Crippen molar-refractivity contribution in [2.24, 2.45) is 0 Å². The summed E-state index contributed by atoms with van der Waals surface area (Å²) < 4.78 is 0. The van der Waals surface area contributed by atoms with E-state index in [0.717, 1.165) is 42.1 Å². The summed E-state index contributed by atoms with van der Waals surface area (Å²) in [6.45, 7) is 0. The number of carbonyl (C=O) groups is 2. The summed E-state index contributed by atoms with van der Waals surface area (Å²) in [5.74, 6) is -0.794. The Labute approximate surface area is 123 Å². The van der Waals surface area contributed by atoms with Crippen molar-refractivity contribution in [1.29, 1.82) is 0 Å². The van der Waals surface area contributed by atoms with Crippen LogP contribution in [0.25, 0.3) is 10.9 Å². The SMILES string of the molecule is O=C(Cc1c[nH]c2ccccc12)C(=O)NC1CCCCC1. The van der Waals surface area contributed by atoms with E-state index in [9.17, 15) is 9.59 Å². The van der Waals surface area contributed by atoms with Crippen molar-refractivity contribution in [3.05, 3.63) is 36.0 Å². The van der Waals surface area contributed by atoms with Crippen molar-refractivity contribution < 1.29 is 9.59 Å². The highest BCUT2D eigenvalue weighted by Gasteiger charge is 2.21. The number of carbonyl (C=O) groups excluding carboxylic acids is 2. The Balaban J connectivity index is 1.64. The Hall–Kier alpha value is -2.10. The molecule has 2 N–H and O–H groups in total. The van der Waals surface area contributed by atoms with E-state index in [1.165, 1.54) is 6.42 Å². The molecule has 4 heteroatoms. The molecule has 1 saturated carbocycles. The topological polar surface area (TPSA) is 62.0 Å². The van der Waals surface area contributed by atoms with Crippen LogP contribution in [0.2, 0.25) is 0 Å². The minimum absolute atomic E-state index is 0.155. The van der Waals surface area contributed by atoms with Crippen LogP contribution >= 0.6 is 0 Å². The van der Waals surface area contributed by atoms with Gasteiger partial charge in [-0.1, -0.05) is 37.5 Å². The van der Waals surface area contributed by atoms with E-state index < -0.39 is 5.91 Å². The predicted molar refractivity (Wildman–Crippen MR) is 82.0 cm³/mol. The summed E-state index contributed by atoms with van der Waals surface area (Å²) in [6.07, 6.45) is 7.47. The van der Waals surface area contributed by atoms with Gasteiger partial charge in [0.05, 0.1) is 0 Å². The van der Waals surface area contributed by atoms with Crippen LogP contribution in [0.1, 0.15) is 37.7 Å². The summed E-state index contributed by atoms with van der Waals surface area (Å²) >= 11 is 0. The smallest absolute Gasteiger partial charge is 0.287 e. The number of rotatable bonds is 4. The third-order valence-electron chi connectivity index (χ3n) is 4.22. The van der Waals surface area contributed by atoms with Gasteiger partial charge < -0.3 is 10.3 Å². The number of aromatic nitrogens is 1. The van der Waals surface area contributed by atoms with Crippen molar-refractivity contribution in [3.8, 4) is 0 Å². The van der Waals surface area contributed by atoms with E-state index in [-0.39, 0.29) is 18.2 Å². The molecule has 2 aromatic rings. The van der Waals surface area contributed by atoms with Crippen LogP contribution in [0.15, 0.2) is 30.5 Å². The maximum Gasteiger partial charge on any atom is 0.287 e. The van der Waals surface area contributed by atoms with Crippen LogP contribution in [0.5, 0.6) is 0 Å². The quantitative estimate of drug-likeness (QED) is 0.848.